The van der Waals surface area contributed by atoms with E-state index in [1.807, 2.05) is 13.8 Å². The van der Waals surface area contributed by atoms with Gasteiger partial charge in [0.2, 0.25) is 0 Å². The maximum absolute atomic E-state index is 12.4. The number of rotatable bonds is 4. The van der Waals surface area contributed by atoms with E-state index in [2.05, 4.69) is 0 Å². The van der Waals surface area contributed by atoms with Crippen LogP contribution in [0.1, 0.15) is 26.0 Å². The van der Waals surface area contributed by atoms with Gasteiger partial charge in [-0.3, -0.25) is 14.5 Å². The SMILES string of the molecule is CC[C@@H](C)N1C(=O)S/C(=C\c2ccc(-c3ccc(Cl)c(Cl)c3)o2)C1=O. The third-order valence-electron chi connectivity index (χ3n) is 3.96. The predicted molar refractivity (Wildman–Crippen MR) is 102 cm³/mol. The fourth-order valence-corrected chi connectivity index (χ4v) is 3.61. The molecular formula is C18H15Cl2NO3S. The standard InChI is InChI=1S/C18H15Cl2NO3S/c1-3-10(2)21-17(22)16(25-18(21)23)9-12-5-7-15(24-12)11-4-6-13(19)14(20)8-11/h4-10H,3H2,1-2H3/b16-9-/t10-/m1/s1. The second-order valence-corrected chi connectivity index (χ2v) is 7.45. The van der Waals surface area contributed by atoms with Crippen LogP contribution in [0.2, 0.25) is 10.0 Å². The van der Waals surface area contributed by atoms with Crippen molar-refractivity contribution in [1.82, 2.24) is 4.90 Å². The van der Waals surface area contributed by atoms with Gasteiger partial charge in [0.05, 0.1) is 15.0 Å². The lowest BCUT2D eigenvalue weighted by Crippen LogP contribution is -2.36. The average Bonchev–Trinajstić information content (AvgIpc) is 3.15. The van der Waals surface area contributed by atoms with Gasteiger partial charge >= 0.3 is 0 Å². The molecule has 0 unspecified atom stereocenters. The minimum Gasteiger partial charge on any atom is -0.457 e. The largest absolute Gasteiger partial charge is 0.457 e. The van der Waals surface area contributed by atoms with E-state index in [1.165, 1.54) is 4.90 Å². The first kappa shape index (κ1) is 18.1. The maximum atomic E-state index is 12.4. The first-order valence-electron chi connectivity index (χ1n) is 7.73. The number of halogens is 2. The summed E-state index contributed by atoms with van der Waals surface area (Å²) >= 11 is 12.9. The average molecular weight is 396 g/mol. The first-order chi connectivity index (χ1) is 11.9. The Morgan fingerprint density at radius 2 is 1.96 bits per heavy atom. The highest BCUT2D eigenvalue weighted by atomic mass is 35.5. The number of imide groups is 1. The molecule has 2 heterocycles. The molecule has 1 saturated heterocycles. The number of benzene rings is 1. The number of amides is 2. The van der Waals surface area contributed by atoms with Crippen LogP contribution in [0.15, 0.2) is 39.7 Å². The van der Waals surface area contributed by atoms with Crippen molar-refractivity contribution >= 4 is 52.2 Å². The molecule has 4 nitrogen and oxygen atoms in total. The van der Waals surface area contributed by atoms with Gasteiger partial charge in [0.25, 0.3) is 11.1 Å². The third kappa shape index (κ3) is 3.64. The van der Waals surface area contributed by atoms with Crippen LogP contribution >= 0.6 is 35.0 Å². The Balaban J connectivity index is 1.86. The number of hydrogen-bond acceptors (Lipinski definition) is 4. The molecule has 1 aromatic carbocycles. The fraction of sp³-hybridized carbons (Fsp3) is 0.222. The lowest BCUT2D eigenvalue weighted by Gasteiger charge is -2.19. The van der Waals surface area contributed by atoms with Gasteiger partial charge in [-0.1, -0.05) is 30.1 Å². The van der Waals surface area contributed by atoms with Crippen LogP contribution in [-0.4, -0.2) is 22.1 Å². The fourth-order valence-electron chi connectivity index (χ4n) is 2.41. The number of nitrogens with zero attached hydrogens (tertiary/aromatic N) is 1. The smallest absolute Gasteiger partial charge is 0.293 e. The van der Waals surface area contributed by atoms with Crippen molar-refractivity contribution in [2.75, 3.05) is 0 Å². The number of hydrogen-bond donors (Lipinski definition) is 0. The molecule has 2 amide bonds. The van der Waals surface area contributed by atoms with Gasteiger partial charge < -0.3 is 4.42 Å². The summed E-state index contributed by atoms with van der Waals surface area (Å²) in [5.74, 6) is 0.818. The second-order valence-electron chi connectivity index (χ2n) is 5.64. The van der Waals surface area contributed by atoms with Crippen molar-refractivity contribution in [3.63, 3.8) is 0 Å². The molecule has 0 saturated carbocycles. The number of furan rings is 1. The number of carbonyl (C=O) groups is 2. The van der Waals surface area contributed by atoms with Crippen LogP contribution in [0.25, 0.3) is 17.4 Å². The monoisotopic (exact) mass is 395 g/mol. The van der Waals surface area contributed by atoms with E-state index in [1.54, 1.807) is 36.4 Å². The minimum absolute atomic E-state index is 0.123. The summed E-state index contributed by atoms with van der Waals surface area (Å²) in [6.07, 6.45) is 2.31. The molecule has 1 aliphatic rings. The molecule has 7 heteroatoms. The molecule has 1 aromatic heterocycles. The Bertz CT molecular complexity index is 875. The van der Waals surface area contributed by atoms with Crippen LogP contribution in [0, 0.1) is 0 Å². The predicted octanol–water partition coefficient (Wildman–Crippen LogP) is 6.09. The molecule has 130 valence electrons. The Morgan fingerprint density at radius 1 is 1.20 bits per heavy atom. The van der Waals surface area contributed by atoms with Crippen molar-refractivity contribution in [3.05, 3.63) is 51.0 Å². The summed E-state index contributed by atoms with van der Waals surface area (Å²) in [5, 5.41) is 0.657. The van der Waals surface area contributed by atoms with E-state index < -0.39 is 0 Å². The van der Waals surface area contributed by atoms with Gasteiger partial charge in [-0.25, -0.2) is 0 Å². The van der Waals surface area contributed by atoms with Crippen LogP contribution in [0.5, 0.6) is 0 Å². The van der Waals surface area contributed by atoms with Crippen LogP contribution in [-0.2, 0) is 4.79 Å². The maximum Gasteiger partial charge on any atom is 0.293 e. The molecule has 2 aromatic rings. The minimum atomic E-state index is -0.281. The first-order valence-corrected chi connectivity index (χ1v) is 9.30. The quantitative estimate of drug-likeness (QED) is 0.587. The topological polar surface area (TPSA) is 50.5 Å². The van der Waals surface area contributed by atoms with E-state index in [0.29, 0.717) is 32.9 Å². The summed E-state index contributed by atoms with van der Waals surface area (Å²) in [6, 6.07) is 8.61. The normalized spacial score (nSPS) is 17.6. The lowest BCUT2D eigenvalue weighted by molar-refractivity contribution is -0.124. The highest BCUT2D eigenvalue weighted by molar-refractivity contribution is 8.18. The third-order valence-corrected chi connectivity index (χ3v) is 5.58. The molecule has 0 aliphatic carbocycles. The van der Waals surface area contributed by atoms with Crippen LogP contribution < -0.4 is 0 Å². The highest BCUT2D eigenvalue weighted by Gasteiger charge is 2.37. The summed E-state index contributed by atoms with van der Waals surface area (Å²) in [5.41, 5.74) is 0.779. The molecule has 1 aliphatic heterocycles. The zero-order valence-corrected chi connectivity index (χ0v) is 15.9. The summed E-state index contributed by atoms with van der Waals surface area (Å²) < 4.78 is 5.76. The Morgan fingerprint density at radius 3 is 2.64 bits per heavy atom. The summed E-state index contributed by atoms with van der Waals surface area (Å²) in [4.78, 5) is 26.1. The summed E-state index contributed by atoms with van der Waals surface area (Å²) in [6.45, 7) is 3.79. The Hall–Kier alpha value is -1.69. The van der Waals surface area contributed by atoms with Crippen molar-refractivity contribution < 1.29 is 14.0 Å². The molecule has 1 atom stereocenters. The summed E-state index contributed by atoms with van der Waals surface area (Å²) in [7, 11) is 0. The van der Waals surface area contributed by atoms with Crippen molar-refractivity contribution in [2.45, 2.75) is 26.3 Å². The van der Waals surface area contributed by atoms with Crippen LogP contribution in [0.3, 0.4) is 0 Å². The lowest BCUT2D eigenvalue weighted by atomic mass is 10.2. The molecule has 1 fully saturated rings. The Labute approximate surface area is 159 Å². The van der Waals surface area contributed by atoms with Crippen molar-refractivity contribution in [1.29, 1.82) is 0 Å². The molecule has 3 rings (SSSR count). The number of thioether (sulfide) groups is 1. The van der Waals surface area contributed by atoms with E-state index in [9.17, 15) is 9.59 Å². The van der Waals surface area contributed by atoms with E-state index in [0.717, 1.165) is 17.3 Å². The molecule has 0 N–H and O–H groups in total. The van der Waals surface area contributed by atoms with E-state index in [4.69, 9.17) is 27.6 Å². The van der Waals surface area contributed by atoms with E-state index >= 15 is 0 Å². The van der Waals surface area contributed by atoms with Gasteiger partial charge in [0, 0.05) is 17.7 Å². The molecule has 0 spiro atoms. The van der Waals surface area contributed by atoms with Crippen molar-refractivity contribution in [3.8, 4) is 11.3 Å². The highest BCUT2D eigenvalue weighted by Crippen LogP contribution is 2.35. The second kappa shape index (κ2) is 7.28. The number of carbonyl (C=O) groups excluding carboxylic acids is 2. The van der Waals surface area contributed by atoms with Gasteiger partial charge in [0.1, 0.15) is 11.5 Å². The van der Waals surface area contributed by atoms with Gasteiger partial charge in [-0.05, 0) is 55.4 Å². The molecule has 0 radical (unpaired) electrons. The van der Waals surface area contributed by atoms with Crippen molar-refractivity contribution in [2.24, 2.45) is 0 Å². The molecule has 25 heavy (non-hydrogen) atoms. The molecular weight excluding hydrogens is 381 g/mol. The zero-order valence-electron chi connectivity index (χ0n) is 13.6. The van der Waals surface area contributed by atoms with Gasteiger partial charge in [-0.2, -0.15) is 0 Å². The van der Waals surface area contributed by atoms with Gasteiger partial charge in [0.15, 0.2) is 0 Å². The Kier molecular flexibility index (Phi) is 5.27. The molecule has 0 bridgehead atoms. The van der Waals surface area contributed by atoms with Gasteiger partial charge in [-0.15, -0.1) is 0 Å². The zero-order chi connectivity index (χ0) is 18.1. The van der Waals surface area contributed by atoms with E-state index in [-0.39, 0.29) is 17.2 Å². The van der Waals surface area contributed by atoms with Crippen LogP contribution in [0.4, 0.5) is 4.79 Å².